The van der Waals surface area contributed by atoms with Crippen LogP contribution in [0.4, 0.5) is 0 Å². The summed E-state index contributed by atoms with van der Waals surface area (Å²) in [7, 11) is 0. The Morgan fingerprint density at radius 3 is 2.78 bits per heavy atom. The number of nitrogens with two attached hydrogens (primary N) is 1. The van der Waals surface area contributed by atoms with Crippen molar-refractivity contribution in [2.24, 2.45) is 17.6 Å². The fourth-order valence-electron chi connectivity index (χ4n) is 2.96. The van der Waals surface area contributed by atoms with Crippen molar-refractivity contribution in [2.75, 3.05) is 13.1 Å². The van der Waals surface area contributed by atoms with E-state index in [2.05, 4.69) is 12.2 Å². The number of rotatable bonds is 1. The van der Waals surface area contributed by atoms with Gasteiger partial charge in [-0.15, -0.1) is 0 Å². The summed E-state index contributed by atoms with van der Waals surface area (Å²) in [5.41, 5.74) is 5.98. The van der Waals surface area contributed by atoms with Crippen LogP contribution in [0.25, 0.3) is 0 Å². The predicted octanol–water partition coefficient (Wildman–Crippen LogP) is 0.0968. The molecule has 2 amide bonds. The van der Waals surface area contributed by atoms with Gasteiger partial charge in [-0.05, 0) is 32.1 Å². The summed E-state index contributed by atoms with van der Waals surface area (Å²) in [5.74, 6) is 0.529. The van der Waals surface area contributed by atoms with Gasteiger partial charge in [0.25, 0.3) is 0 Å². The highest BCUT2D eigenvalue weighted by atomic mass is 16.2. The van der Waals surface area contributed by atoms with E-state index < -0.39 is 0 Å². The van der Waals surface area contributed by atoms with Crippen LogP contribution in [0.5, 0.6) is 0 Å². The molecule has 3 N–H and O–H groups in total. The Morgan fingerprint density at radius 1 is 1.39 bits per heavy atom. The molecule has 0 aromatic heterocycles. The number of nitrogens with zero attached hydrogens (tertiary/aromatic N) is 1. The second-order valence-electron chi connectivity index (χ2n) is 5.65. The Kier molecular flexibility index (Phi) is 3.90. The van der Waals surface area contributed by atoms with Crippen LogP contribution in [0.2, 0.25) is 0 Å². The van der Waals surface area contributed by atoms with Crippen molar-refractivity contribution >= 4 is 11.8 Å². The SMILES string of the molecule is CC1CC(C(=O)N2CCNC(=O)C2C)CCC1N. The molecule has 0 radical (unpaired) electrons. The number of hydrogen-bond acceptors (Lipinski definition) is 3. The minimum absolute atomic E-state index is 0.0461. The topological polar surface area (TPSA) is 75.4 Å². The molecule has 2 fully saturated rings. The summed E-state index contributed by atoms with van der Waals surface area (Å²) in [6.07, 6.45) is 2.62. The molecule has 1 aliphatic heterocycles. The molecule has 0 spiro atoms. The molecular weight excluding hydrogens is 230 g/mol. The average molecular weight is 253 g/mol. The summed E-state index contributed by atoms with van der Waals surface area (Å²) < 4.78 is 0. The summed E-state index contributed by atoms with van der Waals surface area (Å²) in [6, 6.07) is -0.117. The lowest BCUT2D eigenvalue weighted by Gasteiger charge is -2.38. The zero-order valence-electron chi connectivity index (χ0n) is 11.2. The van der Waals surface area contributed by atoms with Gasteiger partial charge in [-0.1, -0.05) is 6.92 Å². The molecule has 1 saturated carbocycles. The Morgan fingerprint density at radius 2 is 2.11 bits per heavy atom. The minimum Gasteiger partial charge on any atom is -0.353 e. The summed E-state index contributed by atoms with van der Waals surface area (Å²) in [4.78, 5) is 25.8. The first kappa shape index (κ1) is 13.3. The van der Waals surface area contributed by atoms with Gasteiger partial charge in [-0.2, -0.15) is 0 Å². The zero-order chi connectivity index (χ0) is 13.3. The van der Waals surface area contributed by atoms with Gasteiger partial charge in [0, 0.05) is 25.0 Å². The summed E-state index contributed by atoms with van der Waals surface area (Å²) >= 11 is 0. The molecule has 5 nitrogen and oxygen atoms in total. The van der Waals surface area contributed by atoms with Crippen LogP contribution >= 0.6 is 0 Å². The number of amides is 2. The highest BCUT2D eigenvalue weighted by Gasteiger charge is 2.36. The molecule has 4 unspecified atom stereocenters. The maximum atomic E-state index is 12.5. The zero-order valence-corrected chi connectivity index (χ0v) is 11.2. The molecule has 1 aliphatic carbocycles. The Bertz CT molecular complexity index is 345. The van der Waals surface area contributed by atoms with Gasteiger partial charge in [-0.25, -0.2) is 0 Å². The second kappa shape index (κ2) is 5.26. The highest BCUT2D eigenvalue weighted by Crippen LogP contribution is 2.30. The number of carbonyl (C=O) groups is 2. The molecule has 18 heavy (non-hydrogen) atoms. The lowest BCUT2D eigenvalue weighted by molar-refractivity contribution is -0.146. The normalized spacial score (nSPS) is 37.3. The van der Waals surface area contributed by atoms with Gasteiger partial charge in [-0.3, -0.25) is 9.59 Å². The van der Waals surface area contributed by atoms with Gasteiger partial charge in [0.15, 0.2) is 0 Å². The fraction of sp³-hybridized carbons (Fsp3) is 0.846. The first-order chi connectivity index (χ1) is 8.50. The van der Waals surface area contributed by atoms with E-state index in [-0.39, 0.29) is 29.8 Å². The Hall–Kier alpha value is -1.10. The van der Waals surface area contributed by atoms with Crippen molar-refractivity contribution in [1.82, 2.24) is 10.2 Å². The van der Waals surface area contributed by atoms with E-state index in [4.69, 9.17) is 5.73 Å². The Balaban J connectivity index is 2.00. The molecule has 2 rings (SSSR count). The fourth-order valence-corrected chi connectivity index (χ4v) is 2.96. The van der Waals surface area contributed by atoms with Crippen LogP contribution in [0.1, 0.15) is 33.1 Å². The van der Waals surface area contributed by atoms with E-state index in [9.17, 15) is 9.59 Å². The maximum absolute atomic E-state index is 12.5. The van der Waals surface area contributed by atoms with E-state index in [1.165, 1.54) is 0 Å². The van der Waals surface area contributed by atoms with Crippen LogP contribution in [-0.4, -0.2) is 41.9 Å². The monoisotopic (exact) mass is 253 g/mol. The largest absolute Gasteiger partial charge is 0.353 e. The molecule has 1 heterocycles. The van der Waals surface area contributed by atoms with Gasteiger partial charge in [0.2, 0.25) is 11.8 Å². The van der Waals surface area contributed by atoms with Crippen LogP contribution in [0.3, 0.4) is 0 Å². The molecule has 0 bridgehead atoms. The average Bonchev–Trinajstić information content (AvgIpc) is 2.35. The third-order valence-corrected chi connectivity index (χ3v) is 4.37. The lowest BCUT2D eigenvalue weighted by Crippen LogP contribution is -2.57. The molecule has 102 valence electrons. The van der Waals surface area contributed by atoms with Crippen molar-refractivity contribution in [2.45, 2.75) is 45.2 Å². The summed E-state index contributed by atoms with van der Waals surface area (Å²) in [5, 5.41) is 2.78. The third kappa shape index (κ3) is 2.51. The van der Waals surface area contributed by atoms with Crippen LogP contribution in [0.15, 0.2) is 0 Å². The van der Waals surface area contributed by atoms with Crippen LogP contribution < -0.4 is 11.1 Å². The third-order valence-electron chi connectivity index (χ3n) is 4.37. The first-order valence-electron chi connectivity index (χ1n) is 6.84. The van der Waals surface area contributed by atoms with Gasteiger partial charge in [0.1, 0.15) is 6.04 Å². The van der Waals surface area contributed by atoms with Crippen molar-refractivity contribution in [3.63, 3.8) is 0 Å². The molecular formula is C13H23N3O2. The smallest absolute Gasteiger partial charge is 0.242 e. The van der Waals surface area contributed by atoms with Gasteiger partial charge in [0.05, 0.1) is 0 Å². The van der Waals surface area contributed by atoms with Gasteiger partial charge >= 0.3 is 0 Å². The molecule has 1 saturated heterocycles. The molecule has 0 aromatic rings. The van der Waals surface area contributed by atoms with E-state index in [1.54, 1.807) is 11.8 Å². The number of carbonyl (C=O) groups excluding carboxylic acids is 2. The number of nitrogens with one attached hydrogen (secondary N) is 1. The van der Waals surface area contributed by atoms with Gasteiger partial charge < -0.3 is 16.0 Å². The standard InChI is InChI=1S/C13H23N3O2/c1-8-7-10(3-4-11(8)14)13(18)16-6-5-15-12(17)9(16)2/h8-11H,3-7,14H2,1-2H3,(H,15,17). The maximum Gasteiger partial charge on any atom is 0.242 e. The van der Waals surface area contributed by atoms with E-state index in [0.29, 0.717) is 19.0 Å². The lowest BCUT2D eigenvalue weighted by atomic mass is 9.78. The molecule has 2 aliphatic rings. The van der Waals surface area contributed by atoms with Crippen molar-refractivity contribution in [3.8, 4) is 0 Å². The van der Waals surface area contributed by atoms with Crippen LogP contribution in [-0.2, 0) is 9.59 Å². The molecule has 4 atom stereocenters. The van der Waals surface area contributed by atoms with Crippen LogP contribution in [0, 0.1) is 11.8 Å². The van der Waals surface area contributed by atoms with Crippen molar-refractivity contribution in [1.29, 1.82) is 0 Å². The molecule has 5 heteroatoms. The summed E-state index contributed by atoms with van der Waals surface area (Å²) in [6.45, 7) is 5.10. The highest BCUT2D eigenvalue weighted by molar-refractivity contribution is 5.89. The van der Waals surface area contributed by atoms with E-state index in [1.807, 2.05) is 0 Å². The number of hydrogen-bond donors (Lipinski definition) is 2. The predicted molar refractivity (Wildman–Crippen MR) is 68.7 cm³/mol. The first-order valence-corrected chi connectivity index (χ1v) is 6.84. The Labute approximate surface area is 108 Å². The van der Waals surface area contributed by atoms with E-state index in [0.717, 1.165) is 19.3 Å². The number of piperazine rings is 1. The van der Waals surface area contributed by atoms with Crippen molar-refractivity contribution in [3.05, 3.63) is 0 Å². The minimum atomic E-state index is -0.336. The molecule has 0 aromatic carbocycles. The second-order valence-corrected chi connectivity index (χ2v) is 5.65. The van der Waals surface area contributed by atoms with E-state index >= 15 is 0 Å². The quantitative estimate of drug-likeness (QED) is 0.696. The van der Waals surface area contributed by atoms with Crippen molar-refractivity contribution < 1.29 is 9.59 Å².